The molecule has 0 bridgehead atoms. The van der Waals surface area contributed by atoms with E-state index in [4.69, 9.17) is 4.74 Å². The van der Waals surface area contributed by atoms with Gasteiger partial charge in [0.2, 0.25) is 5.78 Å². The van der Waals surface area contributed by atoms with Crippen molar-refractivity contribution >= 4 is 32.1 Å². The first kappa shape index (κ1) is 16.1. The summed E-state index contributed by atoms with van der Waals surface area (Å²) in [6, 6.07) is 6.09. The van der Waals surface area contributed by atoms with Crippen molar-refractivity contribution in [3.8, 4) is 0 Å². The van der Waals surface area contributed by atoms with Crippen LogP contribution in [0.25, 0.3) is 0 Å². The first-order valence-corrected chi connectivity index (χ1v) is 9.79. The number of rotatable bonds is 4. The van der Waals surface area contributed by atoms with Crippen molar-refractivity contribution in [2.24, 2.45) is 0 Å². The summed E-state index contributed by atoms with van der Waals surface area (Å²) < 4.78 is 28.5. The van der Waals surface area contributed by atoms with E-state index in [0.29, 0.717) is 23.7 Å². The van der Waals surface area contributed by atoms with Gasteiger partial charge >= 0.3 is 0 Å². The van der Waals surface area contributed by atoms with Gasteiger partial charge in [0, 0.05) is 24.9 Å². The minimum atomic E-state index is -3.34. The van der Waals surface area contributed by atoms with Crippen LogP contribution < -0.4 is 4.90 Å². The second-order valence-corrected chi connectivity index (χ2v) is 8.26. The Balaban J connectivity index is 1.85. The number of hydrogen-bond acceptors (Lipinski definition) is 7. The smallest absolute Gasteiger partial charge is 0.204 e. The molecule has 23 heavy (non-hydrogen) atoms. The van der Waals surface area contributed by atoms with Crippen molar-refractivity contribution in [3.63, 3.8) is 0 Å². The lowest BCUT2D eigenvalue weighted by Gasteiger charge is -2.25. The van der Waals surface area contributed by atoms with Crippen molar-refractivity contribution in [1.29, 1.82) is 0 Å². The molecule has 1 aromatic carbocycles. The summed E-state index contributed by atoms with van der Waals surface area (Å²) in [5, 5.41) is 0.788. The molecule has 0 spiro atoms. The summed E-state index contributed by atoms with van der Waals surface area (Å²) in [7, 11) is -3.34. The van der Waals surface area contributed by atoms with Gasteiger partial charge in [-0.25, -0.2) is 13.4 Å². The van der Waals surface area contributed by atoms with Crippen LogP contribution in [-0.2, 0) is 14.6 Å². The number of aromatic nitrogens is 1. The Bertz CT molecular complexity index is 824. The fourth-order valence-corrected chi connectivity index (χ4v) is 3.88. The number of nitrogens with zero attached hydrogens (tertiary/aromatic N) is 2. The molecule has 0 unspecified atom stereocenters. The molecule has 2 aromatic rings. The molecule has 0 amide bonds. The summed E-state index contributed by atoms with van der Waals surface area (Å²) >= 11 is 1.32. The number of ketones is 1. The van der Waals surface area contributed by atoms with E-state index in [1.54, 1.807) is 18.3 Å². The zero-order valence-corrected chi connectivity index (χ0v) is 14.2. The highest BCUT2D eigenvalue weighted by Crippen LogP contribution is 2.26. The lowest BCUT2D eigenvalue weighted by molar-refractivity contribution is 0.104. The van der Waals surface area contributed by atoms with Crippen LogP contribution in [0.4, 0.5) is 5.13 Å². The Labute approximate surface area is 138 Å². The third-order valence-electron chi connectivity index (χ3n) is 3.52. The predicted octanol–water partition coefficient (Wildman–Crippen LogP) is 1.61. The molecule has 8 heteroatoms. The van der Waals surface area contributed by atoms with Gasteiger partial charge in [-0.1, -0.05) is 23.5 Å². The average molecular weight is 352 g/mol. The number of carbonyl (C=O) groups excluding carboxylic acids is 1. The predicted molar refractivity (Wildman–Crippen MR) is 88.1 cm³/mol. The zero-order valence-electron chi connectivity index (χ0n) is 12.6. The fraction of sp³-hybridized carbons (Fsp3) is 0.333. The van der Waals surface area contributed by atoms with E-state index >= 15 is 0 Å². The van der Waals surface area contributed by atoms with Crippen LogP contribution in [0.3, 0.4) is 0 Å². The number of anilines is 1. The monoisotopic (exact) mass is 352 g/mol. The molecule has 0 N–H and O–H groups in total. The Hall–Kier alpha value is -1.77. The van der Waals surface area contributed by atoms with Crippen molar-refractivity contribution in [1.82, 2.24) is 4.98 Å². The molecule has 0 atom stereocenters. The van der Waals surface area contributed by atoms with Crippen molar-refractivity contribution < 1.29 is 17.9 Å². The molecular weight excluding hydrogens is 336 g/mol. The molecule has 0 radical (unpaired) electrons. The van der Waals surface area contributed by atoms with Gasteiger partial charge in [0.15, 0.2) is 15.0 Å². The van der Waals surface area contributed by atoms with Crippen LogP contribution in [0.2, 0.25) is 0 Å². The molecular formula is C15H16N2O4S2. The number of sulfone groups is 1. The van der Waals surface area contributed by atoms with E-state index < -0.39 is 9.84 Å². The maximum Gasteiger partial charge on any atom is 0.204 e. The van der Waals surface area contributed by atoms with Crippen LogP contribution in [0.5, 0.6) is 0 Å². The van der Waals surface area contributed by atoms with Gasteiger partial charge in [0.1, 0.15) is 0 Å². The van der Waals surface area contributed by atoms with Crippen molar-refractivity contribution in [3.05, 3.63) is 40.9 Å². The topological polar surface area (TPSA) is 76.6 Å². The van der Waals surface area contributed by atoms with Crippen LogP contribution in [0, 0.1) is 0 Å². The molecule has 0 saturated carbocycles. The largest absolute Gasteiger partial charge is 0.378 e. The number of thiazole rings is 1. The lowest BCUT2D eigenvalue weighted by Crippen LogP contribution is -2.36. The van der Waals surface area contributed by atoms with Gasteiger partial charge in [0.25, 0.3) is 0 Å². The lowest BCUT2D eigenvalue weighted by atomic mass is 10.1. The number of ether oxygens (including phenoxy) is 1. The molecule has 3 rings (SSSR count). The molecule has 1 saturated heterocycles. The number of carbonyl (C=O) groups is 1. The molecule has 2 heterocycles. The highest BCUT2D eigenvalue weighted by atomic mass is 32.2. The van der Waals surface area contributed by atoms with Crippen LogP contribution >= 0.6 is 11.3 Å². The minimum Gasteiger partial charge on any atom is -0.378 e. The Morgan fingerprint density at radius 1 is 1.30 bits per heavy atom. The number of morpholine rings is 1. The second kappa shape index (κ2) is 6.38. The van der Waals surface area contributed by atoms with Gasteiger partial charge in [-0.15, -0.1) is 0 Å². The minimum absolute atomic E-state index is 0.140. The van der Waals surface area contributed by atoms with Crippen molar-refractivity contribution in [2.75, 3.05) is 37.5 Å². The quantitative estimate of drug-likeness (QED) is 0.778. The maximum absolute atomic E-state index is 12.6. The molecule has 122 valence electrons. The van der Waals surface area contributed by atoms with E-state index in [-0.39, 0.29) is 10.7 Å². The van der Waals surface area contributed by atoms with Gasteiger partial charge in [0.05, 0.1) is 29.2 Å². The second-order valence-electron chi connectivity index (χ2n) is 5.24. The third-order valence-corrected chi connectivity index (χ3v) is 5.69. The van der Waals surface area contributed by atoms with E-state index in [1.807, 2.05) is 0 Å². The Kier molecular flexibility index (Phi) is 4.47. The molecule has 0 aliphatic carbocycles. The molecule has 1 aromatic heterocycles. The van der Waals surface area contributed by atoms with E-state index in [0.717, 1.165) is 24.5 Å². The summed E-state index contributed by atoms with van der Waals surface area (Å²) in [5.74, 6) is -0.215. The van der Waals surface area contributed by atoms with E-state index in [1.165, 1.54) is 23.5 Å². The SMILES string of the molecule is CS(=O)(=O)c1cccc(C(=O)c2cnc(N3CCOCC3)s2)c1. The standard InChI is InChI=1S/C15H16N2O4S2/c1-23(19,20)12-4-2-3-11(9-12)14(18)13-10-16-15(22-13)17-5-7-21-8-6-17/h2-4,9-10H,5-8H2,1H3. The van der Waals surface area contributed by atoms with Crippen molar-refractivity contribution in [2.45, 2.75) is 4.90 Å². The average Bonchev–Trinajstić information content (AvgIpc) is 3.04. The number of hydrogen-bond donors (Lipinski definition) is 0. The van der Waals surface area contributed by atoms with E-state index in [9.17, 15) is 13.2 Å². The van der Waals surface area contributed by atoms with Gasteiger partial charge in [-0.3, -0.25) is 4.79 Å². The van der Waals surface area contributed by atoms with Crippen LogP contribution in [-0.4, -0.2) is 51.7 Å². The summed E-state index contributed by atoms with van der Waals surface area (Å²) in [6.45, 7) is 2.81. The highest BCUT2D eigenvalue weighted by Gasteiger charge is 2.19. The van der Waals surface area contributed by atoms with Gasteiger partial charge in [-0.05, 0) is 12.1 Å². The molecule has 6 nitrogen and oxygen atoms in total. The fourth-order valence-electron chi connectivity index (χ4n) is 2.28. The summed E-state index contributed by atoms with van der Waals surface area (Å²) in [6.07, 6.45) is 2.67. The first-order chi connectivity index (χ1) is 10.9. The van der Waals surface area contributed by atoms with Gasteiger partial charge in [-0.2, -0.15) is 0 Å². The van der Waals surface area contributed by atoms with E-state index in [2.05, 4.69) is 9.88 Å². The first-order valence-electron chi connectivity index (χ1n) is 7.08. The summed E-state index contributed by atoms with van der Waals surface area (Å²) in [5.41, 5.74) is 0.352. The van der Waals surface area contributed by atoms with Crippen LogP contribution in [0.1, 0.15) is 15.2 Å². The molecule has 1 aliphatic rings. The number of benzene rings is 1. The zero-order chi connectivity index (χ0) is 16.4. The Morgan fingerprint density at radius 3 is 2.74 bits per heavy atom. The molecule has 1 fully saturated rings. The van der Waals surface area contributed by atoms with Gasteiger partial charge < -0.3 is 9.64 Å². The normalized spacial score (nSPS) is 15.6. The maximum atomic E-state index is 12.6. The third kappa shape index (κ3) is 3.60. The molecule has 1 aliphatic heterocycles. The Morgan fingerprint density at radius 2 is 2.04 bits per heavy atom. The highest BCUT2D eigenvalue weighted by molar-refractivity contribution is 7.90. The van der Waals surface area contributed by atoms with Crippen LogP contribution in [0.15, 0.2) is 35.4 Å². The summed E-state index contributed by atoms with van der Waals surface area (Å²) in [4.78, 5) is 19.6.